The third-order valence-corrected chi connectivity index (χ3v) is 7.92. The number of nitrogens with zero attached hydrogens (tertiary/aromatic N) is 2. The van der Waals surface area contributed by atoms with Crippen molar-refractivity contribution in [1.82, 2.24) is 10.2 Å². The molecule has 0 heterocycles. The molecule has 7 nitrogen and oxygen atoms in total. The maximum atomic E-state index is 13.9. The van der Waals surface area contributed by atoms with Gasteiger partial charge in [0.1, 0.15) is 12.6 Å². The number of amides is 2. The Labute approximate surface area is 234 Å². The van der Waals surface area contributed by atoms with Crippen LogP contribution in [0, 0.1) is 0 Å². The minimum atomic E-state index is -3.79. The predicted octanol–water partition coefficient (Wildman–Crippen LogP) is 4.72. The molecule has 1 atom stereocenters. The first-order valence-corrected chi connectivity index (χ1v) is 15.0. The van der Waals surface area contributed by atoms with Crippen molar-refractivity contribution in [3.05, 3.63) is 100 Å². The maximum Gasteiger partial charge on any atom is 0.244 e. The van der Waals surface area contributed by atoms with E-state index in [4.69, 9.17) is 0 Å². The number of hydrogen-bond donors (Lipinski definition) is 1. The third kappa shape index (κ3) is 7.91. The summed E-state index contributed by atoms with van der Waals surface area (Å²) in [6.45, 7) is 3.81. The molecule has 202 valence electrons. The van der Waals surface area contributed by atoms with Crippen molar-refractivity contribution in [3.8, 4) is 0 Å². The zero-order valence-electron chi connectivity index (χ0n) is 22.1. The van der Waals surface area contributed by atoms with E-state index in [1.165, 1.54) is 11.9 Å². The van der Waals surface area contributed by atoms with Crippen LogP contribution >= 0.6 is 15.9 Å². The first-order valence-electron chi connectivity index (χ1n) is 12.4. The van der Waals surface area contributed by atoms with Gasteiger partial charge < -0.3 is 10.2 Å². The Kier molecular flexibility index (Phi) is 10.1. The summed E-state index contributed by atoms with van der Waals surface area (Å²) >= 11 is 3.47. The molecular formula is C29H34BrN3O4S. The van der Waals surface area contributed by atoms with Gasteiger partial charge >= 0.3 is 0 Å². The average Bonchev–Trinajstić information content (AvgIpc) is 2.88. The second-order valence-corrected chi connectivity index (χ2v) is 12.3. The van der Waals surface area contributed by atoms with Gasteiger partial charge in [-0.05, 0) is 46.9 Å². The van der Waals surface area contributed by atoms with Gasteiger partial charge in [0.2, 0.25) is 21.8 Å². The van der Waals surface area contributed by atoms with Crippen molar-refractivity contribution in [2.45, 2.75) is 38.8 Å². The van der Waals surface area contributed by atoms with Gasteiger partial charge in [-0.15, -0.1) is 0 Å². The van der Waals surface area contributed by atoms with Crippen LogP contribution in [0.3, 0.4) is 0 Å². The van der Waals surface area contributed by atoms with E-state index >= 15 is 0 Å². The molecule has 0 aliphatic carbocycles. The SMILES string of the molecule is CNC(=O)C(Cc1ccccc1)N(Cc1cccc(Br)c1)C(=O)CN(c1ccc(C(C)C)cc1)S(C)(=O)=O. The summed E-state index contributed by atoms with van der Waals surface area (Å²) < 4.78 is 27.6. The number of likely N-dealkylation sites (N-methyl/N-ethyl adjacent to an activating group) is 1. The lowest BCUT2D eigenvalue weighted by Crippen LogP contribution is -2.52. The highest BCUT2D eigenvalue weighted by Gasteiger charge is 2.32. The van der Waals surface area contributed by atoms with Gasteiger partial charge in [0.25, 0.3) is 0 Å². The number of carbonyl (C=O) groups is 2. The second-order valence-electron chi connectivity index (χ2n) is 9.49. The molecule has 0 aromatic heterocycles. The van der Waals surface area contributed by atoms with Gasteiger partial charge in [-0.25, -0.2) is 8.42 Å². The van der Waals surface area contributed by atoms with Crippen LogP contribution in [0.25, 0.3) is 0 Å². The summed E-state index contributed by atoms with van der Waals surface area (Å²) in [4.78, 5) is 28.5. The molecule has 0 radical (unpaired) electrons. The lowest BCUT2D eigenvalue weighted by molar-refractivity contribution is -0.139. The average molecular weight is 601 g/mol. The van der Waals surface area contributed by atoms with E-state index in [9.17, 15) is 18.0 Å². The molecule has 0 saturated heterocycles. The molecule has 9 heteroatoms. The lowest BCUT2D eigenvalue weighted by Gasteiger charge is -2.33. The Morgan fingerprint density at radius 1 is 0.921 bits per heavy atom. The molecule has 0 fully saturated rings. The zero-order chi connectivity index (χ0) is 27.9. The van der Waals surface area contributed by atoms with Crippen molar-refractivity contribution in [2.24, 2.45) is 0 Å². The summed E-state index contributed by atoms with van der Waals surface area (Å²) in [6.07, 6.45) is 1.36. The third-order valence-electron chi connectivity index (χ3n) is 6.29. The monoisotopic (exact) mass is 599 g/mol. The van der Waals surface area contributed by atoms with E-state index in [1.54, 1.807) is 12.1 Å². The zero-order valence-corrected chi connectivity index (χ0v) is 24.5. The molecule has 0 bridgehead atoms. The van der Waals surface area contributed by atoms with E-state index in [-0.39, 0.29) is 24.8 Å². The normalized spacial score (nSPS) is 12.2. The van der Waals surface area contributed by atoms with Crippen molar-refractivity contribution in [2.75, 3.05) is 24.2 Å². The Morgan fingerprint density at radius 2 is 1.55 bits per heavy atom. The Bertz CT molecular complexity index is 1350. The molecule has 0 aliphatic rings. The van der Waals surface area contributed by atoms with Gasteiger partial charge in [0, 0.05) is 24.5 Å². The smallest absolute Gasteiger partial charge is 0.244 e. The quantitative estimate of drug-likeness (QED) is 0.345. The van der Waals surface area contributed by atoms with Crippen LogP contribution in [0.2, 0.25) is 0 Å². The number of rotatable bonds is 11. The number of hydrogen-bond acceptors (Lipinski definition) is 4. The van der Waals surface area contributed by atoms with E-state index in [2.05, 4.69) is 35.1 Å². The molecule has 2 amide bonds. The van der Waals surface area contributed by atoms with Gasteiger partial charge in [-0.1, -0.05) is 84.4 Å². The van der Waals surface area contributed by atoms with Crippen LogP contribution in [-0.4, -0.2) is 51.0 Å². The minimum Gasteiger partial charge on any atom is -0.357 e. The molecule has 1 unspecified atom stereocenters. The number of anilines is 1. The van der Waals surface area contributed by atoms with Crippen molar-refractivity contribution >= 4 is 43.5 Å². The van der Waals surface area contributed by atoms with Gasteiger partial charge in [-0.2, -0.15) is 0 Å². The van der Waals surface area contributed by atoms with E-state index in [1.807, 2.05) is 66.7 Å². The van der Waals surface area contributed by atoms with Crippen LogP contribution in [0.15, 0.2) is 83.3 Å². The summed E-state index contributed by atoms with van der Waals surface area (Å²) in [5, 5.41) is 2.68. The van der Waals surface area contributed by atoms with Crippen LogP contribution in [0.4, 0.5) is 5.69 Å². The molecule has 3 aromatic rings. The van der Waals surface area contributed by atoms with Crippen LogP contribution < -0.4 is 9.62 Å². The number of carbonyl (C=O) groups excluding carboxylic acids is 2. The number of sulfonamides is 1. The molecule has 3 aromatic carbocycles. The number of benzene rings is 3. The largest absolute Gasteiger partial charge is 0.357 e. The predicted molar refractivity (Wildman–Crippen MR) is 155 cm³/mol. The highest BCUT2D eigenvalue weighted by Crippen LogP contribution is 2.24. The van der Waals surface area contributed by atoms with Crippen molar-refractivity contribution in [3.63, 3.8) is 0 Å². The number of halogens is 1. The van der Waals surface area contributed by atoms with Gasteiger partial charge in [0.05, 0.1) is 11.9 Å². The van der Waals surface area contributed by atoms with Crippen molar-refractivity contribution < 1.29 is 18.0 Å². The second kappa shape index (κ2) is 13.1. The van der Waals surface area contributed by atoms with E-state index < -0.39 is 28.5 Å². The minimum absolute atomic E-state index is 0.132. The first-order chi connectivity index (χ1) is 18.0. The summed E-state index contributed by atoms with van der Waals surface area (Å²) in [7, 11) is -2.26. The van der Waals surface area contributed by atoms with Crippen LogP contribution in [0.1, 0.15) is 36.5 Å². The van der Waals surface area contributed by atoms with Crippen molar-refractivity contribution in [1.29, 1.82) is 0 Å². The molecule has 0 spiro atoms. The Balaban J connectivity index is 2.01. The van der Waals surface area contributed by atoms with E-state index in [0.717, 1.165) is 31.7 Å². The molecule has 0 aliphatic heterocycles. The van der Waals surface area contributed by atoms with Gasteiger partial charge in [0.15, 0.2) is 0 Å². The summed E-state index contributed by atoms with van der Waals surface area (Å²) in [6, 6.07) is 23.2. The highest BCUT2D eigenvalue weighted by molar-refractivity contribution is 9.10. The molecular weight excluding hydrogens is 566 g/mol. The molecule has 3 rings (SSSR count). The van der Waals surface area contributed by atoms with Crippen LogP contribution in [-0.2, 0) is 32.6 Å². The Morgan fingerprint density at radius 3 is 2.11 bits per heavy atom. The fraction of sp³-hybridized carbons (Fsp3) is 0.310. The summed E-state index contributed by atoms with van der Waals surface area (Å²) in [5.41, 5.74) is 3.15. The number of nitrogens with one attached hydrogen (secondary N) is 1. The molecule has 1 N–H and O–H groups in total. The van der Waals surface area contributed by atoms with Crippen LogP contribution in [0.5, 0.6) is 0 Å². The standard InChI is InChI=1S/C29H34BrN3O4S/c1-21(2)24-13-15-26(16-14-24)33(38(4,36)37)20-28(34)32(19-23-11-8-12-25(30)17-23)27(29(35)31-3)18-22-9-6-5-7-10-22/h5-17,21,27H,18-20H2,1-4H3,(H,31,35). The highest BCUT2D eigenvalue weighted by atomic mass is 79.9. The Hall–Kier alpha value is -3.17. The lowest BCUT2D eigenvalue weighted by atomic mass is 10.0. The topological polar surface area (TPSA) is 86.8 Å². The molecule has 0 saturated carbocycles. The fourth-order valence-electron chi connectivity index (χ4n) is 4.19. The fourth-order valence-corrected chi connectivity index (χ4v) is 5.49. The maximum absolute atomic E-state index is 13.9. The van der Waals surface area contributed by atoms with Gasteiger partial charge in [-0.3, -0.25) is 13.9 Å². The van der Waals surface area contributed by atoms with E-state index in [0.29, 0.717) is 5.69 Å². The molecule has 38 heavy (non-hydrogen) atoms. The summed E-state index contributed by atoms with van der Waals surface area (Å²) in [5.74, 6) is -0.526. The first kappa shape index (κ1) is 29.4.